The molecule has 0 heterocycles. The Balaban J connectivity index is 3.80. The van der Waals surface area contributed by atoms with Gasteiger partial charge in [0.25, 0.3) is 0 Å². The molecule has 0 aliphatic rings. The van der Waals surface area contributed by atoms with Gasteiger partial charge in [-0.3, -0.25) is 4.79 Å². The monoisotopic (exact) mass is 168 g/mol. The third-order valence-electron chi connectivity index (χ3n) is 1.72. The Kier molecular flexibility index (Phi) is 5.19. The summed E-state index contributed by atoms with van der Waals surface area (Å²) in [7, 11) is 0. The van der Waals surface area contributed by atoms with Gasteiger partial charge in [0, 0.05) is 6.42 Å². The van der Waals surface area contributed by atoms with Crippen LogP contribution < -0.4 is 0 Å². The highest BCUT2D eigenvalue weighted by atomic mass is 16.5. The van der Waals surface area contributed by atoms with Crippen molar-refractivity contribution >= 4 is 5.97 Å². The van der Waals surface area contributed by atoms with Crippen molar-refractivity contribution in [2.45, 2.75) is 39.7 Å². The number of carbonyl (C=O) groups is 1. The molecule has 0 aliphatic heterocycles. The van der Waals surface area contributed by atoms with Gasteiger partial charge >= 0.3 is 5.97 Å². The molecule has 0 fully saturated rings. The summed E-state index contributed by atoms with van der Waals surface area (Å²) in [5, 5.41) is 0. The first-order valence-corrected chi connectivity index (χ1v) is 4.25. The summed E-state index contributed by atoms with van der Waals surface area (Å²) >= 11 is 0. The molecule has 2 heteroatoms. The van der Waals surface area contributed by atoms with E-state index in [0.717, 1.165) is 6.42 Å². The van der Waals surface area contributed by atoms with Gasteiger partial charge in [0.1, 0.15) is 0 Å². The topological polar surface area (TPSA) is 26.3 Å². The third-order valence-corrected chi connectivity index (χ3v) is 1.72. The molecule has 0 aliphatic carbocycles. The molecule has 0 saturated carbocycles. The van der Waals surface area contributed by atoms with E-state index in [9.17, 15) is 4.79 Å². The predicted molar refractivity (Wildman–Crippen MR) is 48.5 cm³/mol. The van der Waals surface area contributed by atoms with E-state index in [4.69, 9.17) is 11.2 Å². The number of hydrogen-bond donors (Lipinski definition) is 0. The van der Waals surface area contributed by atoms with Gasteiger partial charge in [-0.15, -0.1) is 12.3 Å². The summed E-state index contributed by atoms with van der Waals surface area (Å²) in [4.78, 5) is 11.2. The second-order valence-corrected chi connectivity index (χ2v) is 2.97. The maximum atomic E-state index is 11.2. The Morgan fingerprint density at radius 1 is 1.58 bits per heavy atom. The van der Waals surface area contributed by atoms with E-state index >= 15 is 0 Å². The molecule has 0 rings (SSSR count). The van der Waals surface area contributed by atoms with Crippen LogP contribution >= 0.6 is 0 Å². The van der Waals surface area contributed by atoms with Crippen LogP contribution in [0.4, 0.5) is 0 Å². The number of carbonyl (C=O) groups excluding carboxylic acids is 1. The Hall–Kier alpha value is -0.970. The van der Waals surface area contributed by atoms with Gasteiger partial charge in [0.05, 0.1) is 12.0 Å². The van der Waals surface area contributed by atoms with Crippen LogP contribution in [0.2, 0.25) is 0 Å². The first-order valence-electron chi connectivity index (χ1n) is 4.25. The lowest BCUT2D eigenvalue weighted by Gasteiger charge is -2.13. The van der Waals surface area contributed by atoms with Gasteiger partial charge in [0.2, 0.25) is 0 Å². The Morgan fingerprint density at radius 3 is 2.58 bits per heavy atom. The molecule has 0 saturated heterocycles. The number of esters is 1. The van der Waals surface area contributed by atoms with E-state index in [2.05, 4.69) is 5.92 Å². The molecule has 2 unspecified atom stereocenters. The average Bonchev–Trinajstić information content (AvgIpc) is 2.04. The summed E-state index contributed by atoms with van der Waals surface area (Å²) in [6.07, 6.45) is 6.37. The zero-order valence-corrected chi connectivity index (χ0v) is 7.96. The minimum Gasteiger partial charge on any atom is -0.462 e. The third kappa shape index (κ3) is 4.02. The molecule has 0 bridgehead atoms. The smallest absolute Gasteiger partial charge is 0.309 e. The van der Waals surface area contributed by atoms with Gasteiger partial charge in [-0.1, -0.05) is 13.8 Å². The van der Waals surface area contributed by atoms with Crippen molar-refractivity contribution in [1.29, 1.82) is 0 Å². The highest BCUT2D eigenvalue weighted by molar-refractivity contribution is 5.72. The van der Waals surface area contributed by atoms with E-state index in [-0.39, 0.29) is 18.0 Å². The van der Waals surface area contributed by atoms with E-state index in [1.165, 1.54) is 0 Å². The van der Waals surface area contributed by atoms with Crippen LogP contribution in [0.5, 0.6) is 0 Å². The van der Waals surface area contributed by atoms with Crippen LogP contribution in [0.25, 0.3) is 0 Å². The molecule has 0 aromatic carbocycles. The second-order valence-electron chi connectivity index (χ2n) is 2.97. The van der Waals surface area contributed by atoms with Crippen LogP contribution in [0, 0.1) is 18.3 Å². The number of hydrogen-bond acceptors (Lipinski definition) is 2. The summed E-state index contributed by atoms with van der Waals surface area (Å²) in [6.45, 7) is 5.63. The summed E-state index contributed by atoms with van der Waals surface area (Å²) in [5.74, 6) is 2.07. The predicted octanol–water partition coefficient (Wildman–Crippen LogP) is 1.99. The SMILES string of the molecule is C#CCC(C)C(=O)OC(C)CC. The molecule has 0 aromatic rings. The summed E-state index contributed by atoms with van der Waals surface area (Å²) in [5.41, 5.74) is 0. The summed E-state index contributed by atoms with van der Waals surface area (Å²) in [6, 6.07) is 0. The first kappa shape index (κ1) is 11.0. The molecule has 0 spiro atoms. The van der Waals surface area contributed by atoms with Crippen molar-refractivity contribution in [2.75, 3.05) is 0 Å². The first-order chi connectivity index (χ1) is 5.61. The quantitative estimate of drug-likeness (QED) is 0.474. The number of rotatable bonds is 4. The highest BCUT2D eigenvalue weighted by Crippen LogP contribution is 2.06. The zero-order chi connectivity index (χ0) is 9.56. The van der Waals surface area contributed by atoms with E-state index < -0.39 is 0 Å². The van der Waals surface area contributed by atoms with Crippen LogP contribution in [0.1, 0.15) is 33.6 Å². The molecule has 0 amide bonds. The fourth-order valence-electron chi connectivity index (χ4n) is 0.658. The van der Waals surface area contributed by atoms with Crippen LogP contribution in [-0.4, -0.2) is 12.1 Å². The van der Waals surface area contributed by atoms with Crippen molar-refractivity contribution in [1.82, 2.24) is 0 Å². The molecule has 12 heavy (non-hydrogen) atoms. The standard InChI is InChI=1S/C10H16O2/c1-5-7-8(3)10(11)12-9(4)6-2/h1,8-9H,6-7H2,2-4H3. The van der Waals surface area contributed by atoms with Crippen molar-refractivity contribution in [3.05, 3.63) is 0 Å². The molecule has 2 atom stereocenters. The molecule has 2 nitrogen and oxygen atoms in total. The zero-order valence-electron chi connectivity index (χ0n) is 7.96. The van der Waals surface area contributed by atoms with Crippen LogP contribution in [0.15, 0.2) is 0 Å². The van der Waals surface area contributed by atoms with Crippen molar-refractivity contribution in [3.8, 4) is 12.3 Å². The molecular weight excluding hydrogens is 152 g/mol. The van der Waals surface area contributed by atoms with Gasteiger partial charge in [0.15, 0.2) is 0 Å². The number of ether oxygens (including phenoxy) is 1. The highest BCUT2D eigenvalue weighted by Gasteiger charge is 2.14. The lowest BCUT2D eigenvalue weighted by molar-refractivity contribution is -0.152. The Morgan fingerprint density at radius 2 is 2.17 bits per heavy atom. The van der Waals surface area contributed by atoms with Gasteiger partial charge in [-0.2, -0.15) is 0 Å². The Bertz CT molecular complexity index is 179. The largest absolute Gasteiger partial charge is 0.462 e. The summed E-state index contributed by atoms with van der Waals surface area (Å²) < 4.78 is 5.08. The molecule has 0 radical (unpaired) electrons. The maximum absolute atomic E-state index is 11.2. The average molecular weight is 168 g/mol. The lowest BCUT2D eigenvalue weighted by Crippen LogP contribution is -2.19. The van der Waals surface area contributed by atoms with Crippen molar-refractivity contribution < 1.29 is 9.53 Å². The Labute approximate surface area is 74.3 Å². The van der Waals surface area contributed by atoms with Crippen LogP contribution in [-0.2, 0) is 9.53 Å². The lowest BCUT2D eigenvalue weighted by atomic mass is 10.1. The fraction of sp³-hybridized carbons (Fsp3) is 0.700. The molecule has 0 N–H and O–H groups in total. The van der Waals surface area contributed by atoms with Gasteiger partial charge < -0.3 is 4.74 Å². The number of terminal acetylenes is 1. The second kappa shape index (κ2) is 5.65. The van der Waals surface area contributed by atoms with Crippen molar-refractivity contribution in [2.24, 2.45) is 5.92 Å². The normalized spacial score (nSPS) is 14.5. The minimum absolute atomic E-state index is 0.00211. The van der Waals surface area contributed by atoms with E-state index in [0.29, 0.717) is 6.42 Å². The van der Waals surface area contributed by atoms with Crippen molar-refractivity contribution in [3.63, 3.8) is 0 Å². The fourth-order valence-corrected chi connectivity index (χ4v) is 0.658. The van der Waals surface area contributed by atoms with E-state index in [1.807, 2.05) is 13.8 Å². The minimum atomic E-state index is -0.192. The molecular formula is C10H16O2. The molecule has 68 valence electrons. The van der Waals surface area contributed by atoms with Gasteiger partial charge in [-0.05, 0) is 13.3 Å². The maximum Gasteiger partial charge on any atom is 0.309 e. The van der Waals surface area contributed by atoms with Crippen LogP contribution in [0.3, 0.4) is 0 Å². The molecule has 0 aromatic heterocycles. The van der Waals surface area contributed by atoms with Gasteiger partial charge in [-0.25, -0.2) is 0 Å². The van der Waals surface area contributed by atoms with E-state index in [1.54, 1.807) is 6.92 Å².